The Morgan fingerprint density at radius 3 is 2.43 bits per heavy atom. The number of carbonyl (C=O) groups is 2. The molecule has 2 amide bonds. The summed E-state index contributed by atoms with van der Waals surface area (Å²) in [6.45, 7) is 1.49. The van der Waals surface area contributed by atoms with Crippen LogP contribution in [-0.2, 0) is 11.3 Å². The fourth-order valence-corrected chi connectivity index (χ4v) is 2.45. The number of carbonyl (C=O) groups excluding carboxylic acids is 2. The monoisotopic (exact) mass is 379 g/mol. The smallest absolute Gasteiger partial charge is 0.270 e. The zero-order valence-corrected chi connectivity index (χ0v) is 15.1. The molecule has 0 spiro atoms. The summed E-state index contributed by atoms with van der Waals surface area (Å²) in [5.74, 6) is -0.536. The van der Waals surface area contributed by atoms with Gasteiger partial charge in [0.2, 0.25) is 5.91 Å². The molecule has 0 aliphatic rings. The van der Waals surface area contributed by atoms with Crippen LogP contribution in [0.4, 0.5) is 21.6 Å². The van der Waals surface area contributed by atoms with E-state index in [0.717, 1.165) is 5.69 Å². The van der Waals surface area contributed by atoms with Gasteiger partial charge < -0.3 is 16.0 Å². The lowest BCUT2D eigenvalue weighted by molar-refractivity contribution is -0.114. The lowest BCUT2D eigenvalue weighted by Crippen LogP contribution is -2.24. The number of rotatable bonds is 6. The Bertz CT molecular complexity index is 992. The zero-order chi connectivity index (χ0) is 19.9. The van der Waals surface area contributed by atoms with Gasteiger partial charge >= 0.3 is 0 Å². The van der Waals surface area contributed by atoms with Crippen molar-refractivity contribution in [2.24, 2.45) is 0 Å². The average molecular weight is 379 g/mol. The number of halogens is 1. The number of hydrogen-bond acceptors (Lipinski definition) is 5. The Labute approximate surface area is 161 Å². The third-order valence-corrected chi connectivity index (χ3v) is 3.77. The molecule has 1 heterocycles. The van der Waals surface area contributed by atoms with E-state index in [4.69, 9.17) is 0 Å². The van der Waals surface area contributed by atoms with E-state index in [1.54, 1.807) is 42.5 Å². The molecule has 0 unspecified atom stereocenters. The van der Waals surface area contributed by atoms with Gasteiger partial charge in [0.1, 0.15) is 23.7 Å². The first-order valence-electron chi connectivity index (χ1n) is 8.49. The van der Waals surface area contributed by atoms with Gasteiger partial charge in [0.15, 0.2) is 0 Å². The van der Waals surface area contributed by atoms with Crippen LogP contribution in [-0.4, -0.2) is 21.8 Å². The van der Waals surface area contributed by atoms with Gasteiger partial charge in [0.25, 0.3) is 5.91 Å². The van der Waals surface area contributed by atoms with Crippen LogP contribution in [0.3, 0.4) is 0 Å². The molecule has 28 heavy (non-hydrogen) atoms. The number of benzene rings is 2. The Balaban J connectivity index is 1.64. The first kappa shape index (κ1) is 19.0. The number of aromatic nitrogens is 2. The van der Waals surface area contributed by atoms with Crippen molar-refractivity contribution < 1.29 is 14.0 Å². The molecule has 0 bridgehead atoms. The summed E-state index contributed by atoms with van der Waals surface area (Å²) in [5, 5.41) is 8.37. The van der Waals surface area contributed by atoms with Gasteiger partial charge in [-0.25, -0.2) is 14.4 Å². The van der Waals surface area contributed by atoms with Crippen molar-refractivity contribution in [1.29, 1.82) is 0 Å². The van der Waals surface area contributed by atoms with E-state index < -0.39 is 5.91 Å². The van der Waals surface area contributed by atoms with E-state index in [0.29, 0.717) is 17.1 Å². The highest BCUT2D eigenvalue weighted by molar-refractivity contribution is 5.93. The minimum Gasteiger partial charge on any atom is -0.347 e. The van der Waals surface area contributed by atoms with E-state index in [2.05, 4.69) is 25.9 Å². The maximum Gasteiger partial charge on any atom is 0.270 e. The standard InChI is InChI=1S/C20H18FN5O2/c1-13(27)25-15-6-8-16(9-7-15)26-19-10-18(23-12-24-19)20(28)22-11-14-4-2-3-5-17(14)21/h2-10,12H,11H2,1H3,(H,22,28)(H,25,27)(H,23,24,26). The van der Waals surface area contributed by atoms with Crippen LogP contribution in [0.25, 0.3) is 0 Å². The molecule has 2 aromatic carbocycles. The van der Waals surface area contributed by atoms with E-state index in [1.165, 1.54) is 25.4 Å². The highest BCUT2D eigenvalue weighted by atomic mass is 19.1. The summed E-state index contributed by atoms with van der Waals surface area (Å²) >= 11 is 0. The molecule has 0 saturated carbocycles. The van der Waals surface area contributed by atoms with Crippen LogP contribution in [0.15, 0.2) is 60.9 Å². The second-order valence-corrected chi connectivity index (χ2v) is 5.95. The molecule has 1 aromatic heterocycles. The number of hydrogen-bond donors (Lipinski definition) is 3. The molecule has 0 fully saturated rings. The van der Waals surface area contributed by atoms with Crippen molar-refractivity contribution >= 4 is 29.0 Å². The van der Waals surface area contributed by atoms with Gasteiger partial charge in [0, 0.05) is 36.5 Å². The summed E-state index contributed by atoms with van der Waals surface area (Å²) in [7, 11) is 0. The largest absolute Gasteiger partial charge is 0.347 e. The van der Waals surface area contributed by atoms with Crippen molar-refractivity contribution in [3.05, 3.63) is 78.0 Å². The van der Waals surface area contributed by atoms with Gasteiger partial charge in [0.05, 0.1) is 0 Å². The SMILES string of the molecule is CC(=O)Nc1ccc(Nc2cc(C(=O)NCc3ccccc3F)ncn2)cc1. The normalized spacial score (nSPS) is 10.2. The van der Waals surface area contributed by atoms with Crippen molar-refractivity contribution in [2.45, 2.75) is 13.5 Å². The molecule has 0 radical (unpaired) electrons. The van der Waals surface area contributed by atoms with Crippen molar-refractivity contribution in [3.8, 4) is 0 Å². The Morgan fingerprint density at radius 1 is 1.00 bits per heavy atom. The molecule has 0 aliphatic carbocycles. The molecule has 8 heteroatoms. The van der Waals surface area contributed by atoms with Crippen LogP contribution in [0, 0.1) is 5.82 Å². The third-order valence-electron chi connectivity index (χ3n) is 3.77. The molecule has 3 N–H and O–H groups in total. The maximum atomic E-state index is 13.6. The molecule has 142 valence electrons. The highest BCUT2D eigenvalue weighted by Crippen LogP contribution is 2.18. The van der Waals surface area contributed by atoms with Crippen LogP contribution < -0.4 is 16.0 Å². The molecular weight excluding hydrogens is 361 g/mol. The second-order valence-electron chi connectivity index (χ2n) is 5.95. The first-order valence-corrected chi connectivity index (χ1v) is 8.49. The van der Waals surface area contributed by atoms with Gasteiger partial charge in [-0.15, -0.1) is 0 Å². The van der Waals surface area contributed by atoms with Gasteiger partial charge in [-0.1, -0.05) is 18.2 Å². The Kier molecular flexibility index (Phi) is 5.91. The molecule has 3 rings (SSSR count). The van der Waals surface area contributed by atoms with Crippen LogP contribution in [0.5, 0.6) is 0 Å². The minimum absolute atomic E-state index is 0.0584. The van der Waals surface area contributed by atoms with Crippen LogP contribution >= 0.6 is 0 Å². The second kappa shape index (κ2) is 8.72. The fraction of sp³-hybridized carbons (Fsp3) is 0.100. The number of nitrogens with one attached hydrogen (secondary N) is 3. The summed E-state index contributed by atoms with van der Waals surface area (Å²) in [4.78, 5) is 31.4. The highest BCUT2D eigenvalue weighted by Gasteiger charge is 2.10. The molecule has 7 nitrogen and oxygen atoms in total. The molecule has 3 aromatic rings. The number of nitrogens with zero attached hydrogens (tertiary/aromatic N) is 2. The molecule has 0 atom stereocenters. The predicted octanol–water partition coefficient (Wildman–Crippen LogP) is 3.25. The van der Waals surface area contributed by atoms with E-state index in [1.807, 2.05) is 0 Å². The number of amides is 2. The van der Waals surface area contributed by atoms with Crippen LogP contribution in [0.1, 0.15) is 23.0 Å². The topological polar surface area (TPSA) is 96.0 Å². The quantitative estimate of drug-likeness (QED) is 0.611. The summed E-state index contributed by atoms with van der Waals surface area (Å²) in [6.07, 6.45) is 1.27. The lowest BCUT2D eigenvalue weighted by atomic mass is 10.2. The summed E-state index contributed by atoms with van der Waals surface area (Å²) in [5.41, 5.74) is 1.95. The van der Waals surface area contributed by atoms with Gasteiger partial charge in [-0.2, -0.15) is 0 Å². The van der Waals surface area contributed by atoms with Crippen molar-refractivity contribution in [1.82, 2.24) is 15.3 Å². The van der Waals surface area contributed by atoms with Crippen molar-refractivity contribution in [3.63, 3.8) is 0 Å². The van der Waals surface area contributed by atoms with Crippen molar-refractivity contribution in [2.75, 3.05) is 10.6 Å². The molecule has 0 saturated heterocycles. The minimum atomic E-state index is -0.435. The Hall–Kier alpha value is -3.81. The van der Waals surface area contributed by atoms with Gasteiger partial charge in [-0.3, -0.25) is 9.59 Å². The first-order chi connectivity index (χ1) is 13.5. The average Bonchev–Trinajstić information content (AvgIpc) is 2.68. The third kappa shape index (κ3) is 5.10. The van der Waals surface area contributed by atoms with Gasteiger partial charge in [-0.05, 0) is 30.3 Å². The maximum absolute atomic E-state index is 13.6. The number of anilines is 3. The lowest BCUT2D eigenvalue weighted by Gasteiger charge is -2.09. The predicted molar refractivity (Wildman–Crippen MR) is 104 cm³/mol. The van der Waals surface area contributed by atoms with E-state index >= 15 is 0 Å². The van der Waals surface area contributed by atoms with E-state index in [-0.39, 0.29) is 24.0 Å². The summed E-state index contributed by atoms with van der Waals surface area (Å²) in [6, 6.07) is 14.8. The Morgan fingerprint density at radius 2 is 1.71 bits per heavy atom. The molecule has 0 aliphatic heterocycles. The molecular formula is C20H18FN5O2. The summed E-state index contributed by atoms with van der Waals surface area (Å²) < 4.78 is 13.6. The van der Waals surface area contributed by atoms with E-state index in [9.17, 15) is 14.0 Å². The van der Waals surface area contributed by atoms with Crippen LogP contribution in [0.2, 0.25) is 0 Å². The zero-order valence-electron chi connectivity index (χ0n) is 15.1. The fourth-order valence-electron chi connectivity index (χ4n) is 2.45.